The van der Waals surface area contributed by atoms with E-state index in [1.54, 1.807) is 0 Å². The maximum atomic E-state index is 4.19. The van der Waals surface area contributed by atoms with Gasteiger partial charge in [-0.05, 0) is 33.7 Å². The van der Waals surface area contributed by atoms with Crippen molar-refractivity contribution in [3.8, 4) is 0 Å². The minimum absolute atomic E-state index is 0.583. The molecule has 2 aliphatic rings. The van der Waals surface area contributed by atoms with Crippen molar-refractivity contribution < 1.29 is 0 Å². The van der Waals surface area contributed by atoms with Gasteiger partial charge in [-0.15, -0.1) is 0 Å². The standard InChI is InChI=1S/C13H11Br/c1-8-11-6-12(13(8)7-14)10-5-3-2-4-9(10)11/h2-5,7,11-12H,1,6H2/b13-7-/t11-,12+/m0/s1. The molecule has 2 atom stereocenters. The van der Waals surface area contributed by atoms with E-state index in [0.29, 0.717) is 11.8 Å². The smallest absolute Gasteiger partial charge is 0.0109 e. The zero-order chi connectivity index (χ0) is 9.71. The van der Waals surface area contributed by atoms with E-state index in [2.05, 4.69) is 51.8 Å². The highest BCUT2D eigenvalue weighted by Gasteiger charge is 2.42. The highest BCUT2D eigenvalue weighted by molar-refractivity contribution is 9.11. The SMILES string of the molecule is C=C1/C(=C/Br)[C@@H]2C[C@@H]1c1ccccc12. The summed E-state index contributed by atoms with van der Waals surface area (Å²) < 4.78 is 0. The number of hydrogen-bond donors (Lipinski definition) is 0. The molecular formula is C13H11Br. The summed E-state index contributed by atoms with van der Waals surface area (Å²) in [6, 6.07) is 8.76. The molecule has 3 rings (SSSR count). The average molecular weight is 247 g/mol. The first-order valence-corrected chi connectivity index (χ1v) is 5.82. The number of benzene rings is 1. The fraction of sp³-hybridized carbons (Fsp3) is 0.231. The molecule has 70 valence electrons. The van der Waals surface area contributed by atoms with Gasteiger partial charge in [0.2, 0.25) is 0 Å². The monoisotopic (exact) mass is 246 g/mol. The highest BCUT2D eigenvalue weighted by atomic mass is 79.9. The molecule has 1 fully saturated rings. The van der Waals surface area contributed by atoms with E-state index < -0.39 is 0 Å². The van der Waals surface area contributed by atoms with Crippen LogP contribution >= 0.6 is 15.9 Å². The summed E-state index contributed by atoms with van der Waals surface area (Å²) in [5.74, 6) is 1.18. The molecule has 0 aliphatic heterocycles. The van der Waals surface area contributed by atoms with E-state index in [4.69, 9.17) is 0 Å². The van der Waals surface area contributed by atoms with Gasteiger partial charge < -0.3 is 0 Å². The Labute approximate surface area is 92.5 Å². The number of hydrogen-bond acceptors (Lipinski definition) is 0. The summed E-state index contributed by atoms with van der Waals surface area (Å²) >= 11 is 3.45. The second-order valence-corrected chi connectivity index (χ2v) is 4.52. The third-order valence-electron chi connectivity index (χ3n) is 3.50. The lowest BCUT2D eigenvalue weighted by atomic mass is 9.86. The Bertz CT molecular complexity index is 442. The van der Waals surface area contributed by atoms with Crippen LogP contribution < -0.4 is 0 Å². The van der Waals surface area contributed by atoms with Gasteiger partial charge in [0.1, 0.15) is 0 Å². The minimum Gasteiger partial charge on any atom is -0.0949 e. The van der Waals surface area contributed by atoms with Crippen LogP contribution in [0.4, 0.5) is 0 Å². The molecule has 2 aliphatic carbocycles. The van der Waals surface area contributed by atoms with Gasteiger partial charge in [-0.3, -0.25) is 0 Å². The molecular weight excluding hydrogens is 236 g/mol. The van der Waals surface area contributed by atoms with Crippen LogP contribution in [0.3, 0.4) is 0 Å². The quantitative estimate of drug-likeness (QED) is 0.647. The lowest BCUT2D eigenvalue weighted by molar-refractivity contribution is 0.809. The second kappa shape index (κ2) is 2.83. The third kappa shape index (κ3) is 0.885. The molecule has 0 saturated heterocycles. The Balaban J connectivity index is 2.23. The summed E-state index contributed by atoms with van der Waals surface area (Å²) in [6.07, 6.45) is 1.23. The molecule has 1 aromatic rings. The lowest BCUT2D eigenvalue weighted by Gasteiger charge is -2.19. The molecule has 2 bridgehead atoms. The zero-order valence-electron chi connectivity index (χ0n) is 7.83. The predicted molar refractivity (Wildman–Crippen MR) is 62.7 cm³/mol. The van der Waals surface area contributed by atoms with Crippen LogP contribution in [0.2, 0.25) is 0 Å². The molecule has 0 amide bonds. The molecule has 1 heteroatoms. The Hall–Kier alpha value is -0.820. The highest BCUT2D eigenvalue weighted by Crippen LogP contribution is 2.58. The largest absolute Gasteiger partial charge is 0.0949 e. The van der Waals surface area contributed by atoms with Crippen LogP contribution in [0.15, 0.2) is 47.0 Å². The van der Waals surface area contributed by atoms with E-state index >= 15 is 0 Å². The molecule has 0 nitrogen and oxygen atoms in total. The number of allylic oxidation sites excluding steroid dienone is 2. The molecule has 1 aromatic carbocycles. The maximum absolute atomic E-state index is 4.19. The van der Waals surface area contributed by atoms with Gasteiger partial charge in [0, 0.05) is 11.8 Å². The predicted octanol–water partition coefficient (Wildman–Crippen LogP) is 4.11. The summed E-state index contributed by atoms with van der Waals surface area (Å²) in [5, 5.41) is 0. The van der Waals surface area contributed by atoms with E-state index in [1.807, 2.05) is 0 Å². The van der Waals surface area contributed by atoms with Crippen molar-refractivity contribution in [1.29, 1.82) is 0 Å². The molecule has 14 heavy (non-hydrogen) atoms. The maximum Gasteiger partial charge on any atom is 0.0109 e. The van der Waals surface area contributed by atoms with E-state index in [-0.39, 0.29) is 0 Å². The number of fused-ring (bicyclic) bond motifs is 5. The van der Waals surface area contributed by atoms with Gasteiger partial charge in [0.05, 0.1) is 0 Å². The number of rotatable bonds is 0. The van der Waals surface area contributed by atoms with Crippen LogP contribution in [-0.4, -0.2) is 0 Å². The molecule has 1 saturated carbocycles. The summed E-state index contributed by atoms with van der Waals surface area (Å²) in [4.78, 5) is 2.05. The van der Waals surface area contributed by atoms with E-state index in [0.717, 1.165) is 0 Å². The summed E-state index contributed by atoms with van der Waals surface area (Å²) in [7, 11) is 0. The fourth-order valence-corrected chi connectivity index (χ4v) is 3.44. The van der Waals surface area contributed by atoms with Gasteiger partial charge in [-0.1, -0.05) is 46.8 Å². The van der Waals surface area contributed by atoms with Crippen molar-refractivity contribution in [2.45, 2.75) is 18.3 Å². The molecule has 0 N–H and O–H groups in total. The van der Waals surface area contributed by atoms with Crippen LogP contribution in [0.25, 0.3) is 0 Å². The van der Waals surface area contributed by atoms with E-state index in [9.17, 15) is 0 Å². The van der Waals surface area contributed by atoms with Crippen molar-refractivity contribution in [3.63, 3.8) is 0 Å². The summed E-state index contributed by atoms with van der Waals surface area (Å²) in [6.45, 7) is 4.19. The Morgan fingerprint density at radius 1 is 1.21 bits per heavy atom. The molecule has 0 radical (unpaired) electrons. The van der Waals surface area contributed by atoms with E-state index in [1.165, 1.54) is 28.7 Å². The first-order valence-electron chi connectivity index (χ1n) is 4.91. The molecule has 0 unspecified atom stereocenters. The van der Waals surface area contributed by atoms with Crippen molar-refractivity contribution >= 4 is 15.9 Å². The second-order valence-electron chi connectivity index (χ2n) is 4.06. The van der Waals surface area contributed by atoms with Crippen molar-refractivity contribution in [2.24, 2.45) is 0 Å². The number of halogens is 1. The van der Waals surface area contributed by atoms with Crippen LogP contribution in [0, 0.1) is 0 Å². The van der Waals surface area contributed by atoms with Gasteiger partial charge in [0.25, 0.3) is 0 Å². The lowest BCUT2D eigenvalue weighted by Crippen LogP contribution is -2.02. The molecule has 0 heterocycles. The Kier molecular flexibility index (Phi) is 1.72. The Morgan fingerprint density at radius 3 is 2.50 bits per heavy atom. The van der Waals surface area contributed by atoms with Crippen molar-refractivity contribution in [2.75, 3.05) is 0 Å². The topological polar surface area (TPSA) is 0 Å². The normalized spacial score (nSPS) is 31.2. The first kappa shape index (κ1) is 8.49. The van der Waals surface area contributed by atoms with Crippen molar-refractivity contribution in [3.05, 3.63) is 58.1 Å². The van der Waals surface area contributed by atoms with Gasteiger partial charge in [-0.2, -0.15) is 0 Å². The third-order valence-corrected chi connectivity index (χ3v) is 4.00. The molecule has 0 aromatic heterocycles. The van der Waals surface area contributed by atoms with Crippen LogP contribution in [0.5, 0.6) is 0 Å². The fourth-order valence-electron chi connectivity index (χ4n) is 2.83. The van der Waals surface area contributed by atoms with Crippen molar-refractivity contribution in [1.82, 2.24) is 0 Å². The molecule has 0 spiro atoms. The average Bonchev–Trinajstić information content (AvgIpc) is 2.74. The van der Waals surface area contributed by atoms with Gasteiger partial charge in [-0.25, -0.2) is 0 Å². The van der Waals surface area contributed by atoms with Gasteiger partial charge >= 0.3 is 0 Å². The van der Waals surface area contributed by atoms with Crippen LogP contribution in [-0.2, 0) is 0 Å². The minimum atomic E-state index is 0.583. The Morgan fingerprint density at radius 2 is 1.86 bits per heavy atom. The summed E-state index contributed by atoms with van der Waals surface area (Å²) in [5.41, 5.74) is 5.72. The van der Waals surface area contributed by atoms with Crippen LogP contribution in [0.1, 0.15) is 29.4 Å². The van der Waals surface area contributed by atoms with Gasteiger partial charge in [0.15, 0.2) is 0 Å². The zero-order valence-corrected chi connectivity index (χ0v) is 9.42. The first-order chi connectivity index (χ1) is 6.83.